The molecule has 0 fully saturated rings. The second kappa shape index (κ2) is 9.93. The lowest BCUT2D eigenvalue weighted by atomic mass is 10.0. The van der Waals surface area contributed by atoms with Gasteiger partial charge in [-0.2, -0.15) is 26.3 Å². The second-order valence-corrected chi connectivity index (χ2v) is 8.64. The van der Waals surface area contributed by atoms with Gasteiger partial charge in [0.15, 0.2) is 11.6 Å². The minimum atomic E-state index is -4.99. The molecule has 1 aliphatic heterocycles. The number of nitrogens with zero attached hydrogens (tertiary/aromatic N) is 4. The van der Waals surface area contributed by atoms with E-state index in [4.69, 9.17) is 5.73 Å². The molecule has 0 saturated heterocycles. The van der Waals surface area contributed by atoms with E-state index in [1.54, 1.807) is 0 Å². The Labute approximate surface area is 208 Å². The molecule has 0 aliphatic carbocycles. The maximum atomic E-state index is 13.9. The summed E-state index contributed by atoms with van der Waals surface area (Å²) in [5.41, 5.74) is 2.77. The van der Waals surface area contributed by atoms with E-state index < -0.39 is 83.9 Å². The molecule has 38 heavy (non-hydrogen) atoms. The molecule has 0 spiro atoms. The van der Waals surface area contributed by atoms with Crippen molar-refractivity contribution in [3.8, 4) is 11.3 Å². The van der Waals surface area contributed by atoms with Crippen molar-refractivity contribution < 1.29 is 44.3 Å². The minimum absolute atomic E-state index is 0.240. The fourth-order valence-corrected chi connectivity index (χ4v) is 4.27. The number of pyridine rings is 1. The first-order valence-electron chi connectivity index (χ1n) is 11.0. The quantitative estimate of drug-likeness (QED) is 0.369. The molecular formula is C23H18F9N5O. The van der Waals surface area contributed by atoms with Gasteiger partial charge in [-0.25, -0.2) is 18.2 Å². The number of benzene rings is 1. The fraction of sp³-hybridized carbons (Fsp3) is 0.348. The maximum absolute atomic E-state index is 13.9. The highest BCUT2D eigenvalue weighted by atomic mass is 19.4. The average Bonchev–Trinajstić information content (AvgIpc) is 3.21. The third-order valence-corrected chi connectivity index (χ3v) is 6.00. The SMILES string of the molecule is NC(CC(=O)N1CCn2c(C(F)(F)F)nc(-c3cnccc3C(F)(F)F)c2C1)Cc1cc(F)c(F)cc1F. The molecule has 3 heterocycles. The molecule has 1 aliphatic rings. The van der Waals surface area contributed by atoms with Crippen LogP contribution < -0.4 is 5.73 Å². The third kappa shape index (κ3) is 5.47. The van der Waals surface area contributed by atoms with Crippen molar-refractivity contribution in [2.24, 2.45) is 5.73 Å². The van der Waals surface area contributed by atoms with Gasteiger partial charge in [-0.15, -0.1) is 0 Å². The molecule has 4 rings (SSSR count). The number of imidazole rings is 1. The molecular weight excluding hydrogens is 533 g/mol. The van der Waals surface area contributed by atoms with E-state index in [1.807, 2.05) is 0 Å². The summed E-state index contributed by atoms with van der Waals surface area (Å²) in [4.78, 5) is 21.0. The summed E-state index contributed by atoms with van der Waals surface area (Å²) in [5.74, 6) is -5.90. The number of aromatic nitrogens is 3. The summed E-state index contributed by atoms with van der Waals surface area (Å²) < 4.78 is 123. The number of hydrogen-bond acceptors (Lipinski definition) is 4. The summed E-state index contributed by atoms with van der Waals surface area (Å²) >= 11 is 0. The Kier molecular flexibility index (Phi) is 7.16. The lowest BCUT2D eigenvalue weighted by molar-refractivity contribution is -0.148. The Morgan fingerprint density at radius 1 is 1.00 bits per heavy atom. The second-order valence-electron chi connectivity index (χ2n) is 8.64. The van der Waals surface area contributed by atoms with Crippen LogP contribution in [0.15, 0.2) is 30.6 Å². The molecule has 0 saturated carbocycles. The number of halogens is 9. The van der Waals surface area contributed by atoms with Gasteiger partial charge in [0, 0.05) is 49.6 Å². The topological polar surface area (TPSA) is 77.0 Å². The monoisotopic (exact) mass is 551 g/mol. The van der Waals surface area contributed by atoms with Crippen molar-refractivity contribution in [1.29, 1.82) is 0 Å². The average molecular weight is 551 g/mol. The molecule has 0 radical (unpaired) electrons. The van der Waals surface area contributed by atoms with Gasteiger partial charge < -0.3 is 15.2 Å². The van der Waals surface area contributed by atoms with E-state index in [9.17, 15) is 44.3 Å². The van der Waals surface area contributed by atoms with Crippen molar-refractivity contribution in [3.63, 3.8) is 0 Å². The van der Waals surface area contributed by atoms with Gasteiger partial charge in [-0.3, -0.25) is 9.78 Å². The van der Waals surface area contributed by atoms with Gasteiger partial charge in [0.05, 0.1) is 23.5 Å². The Morgan fingerprint density at radius 3 is 2.34 bits per heavy atom. The first kappa shape index (κ1) is 27.4. The molecule has 3 aromatic rings. The van der Waals surface area contributed by atoms with Crippen LogP contribution in [0.2, 0.25) is 0 Å². The number of carbonyl (C=O) groups is 1. The van der Waals surface area contributed by atoms with Crippen LogP contribution in [0.5, 0.6) is 0 Å². The highest BCUT2D eigenvalue weighted by Crippen LogP contribution is 2.41. The van der Waals surface area contributed by atoms with E-state index >= 15 is 0 Å². The Morgan fingerprint density at radius 2 is 1.68 bits per heavy atom. The van der Waals surface area contributed by atoms with Crippen LogP contribution in [0.1, 0.15) is 29.1 Å². The van der Waals surface area contributed by atoms with Crippen LogP contribution in [-0.4, -0.2) is 37.9 Å². The van der Waals surface area contributed by atoms with Crippen LogP contribution in [0.4, 0.5) is 39.5 Å². The summed E-state index contributed by atoms with van der Waals surface area (Å²) in [5, 5.41) is 0. The zero-order valence-electron chi connectivity index (χ0n) is 19.2. The first-order valence-corrected chi connectivity index (χ1v) is 11.0. The molecule has 2 N–H and O–H groups in total. The van der Waals surface area contributed by atoms with Gasteiger partial charge in [0.25, 0.3) is 0 Å². The van der Waals surface area contributed by atoms with Crippen molar-refractivity contribution in [3.05, 3.63) is 70.7 Å². The normalized spacial score (nSPS) is 14.9. The number of rotatable bonds is 5. The summed E-state index contributed by atoms with van der Waals surface area (Å²) in [7, 11) is 0. The number of alkyl halides is 6. The lowest BCUT2D eigenvalue weighted by Crippen LogP contribution is -2.42. The summed E-state index contributed by atoms with van der Waals surface area (Å²) in [6.45, 7) is -1.18. The molecule has 1 aromatic carbocycles. The fourth-order valence-electron chi connectivity index (χ4n) is 4.27. The number of carbonyl (C=O) groups excluding carboxylic acids is 1. The smallest absolute Gasteiger partial charge is 0.335 e. The van der Waals surface area contributed by atoms with Crippen molar-refractivity contribution in [2.45, 2.75) is 44.3 Å². The molecule has 0 bridgehead atoms. The number of amides is 1. The van der Waals surface area contributed by atoms with E-state index in [1.165, 1.54) is 0 Å². The van der Waals surface area contributed by atoms with Gasteiger partial charge >= 0.3 is 12.4 Å². The molecule has 15 heteroatoms. The van der Waals surface area contributed by atoms with Crippen LogP contribution in [0, 0.1) is 17.5 Å². The number of hydrogen-bond donors (Lipinski definition) is 1. The maximum Gasteiger partial charge on any atom is 0.449 e. The van der Waals surface area contributed by atoms with Gasteiger partial charge in [0.1, 0.15) is 5.82 Å². The number of nitrogens with two attached hydrogens (primary N) is 1. The molecule has 1 atom stereocenters. The van der Waals surface area contributed by atoms with Gasteiger partial charge in [-0.1, -0.05) is 0 Å². The molecule has 204 valence electrons. The van der Waals surface area contributed by atoms with E-state index in [-0.39, 0.29) is 24.2 Å². The molecule has 1 amide bonds. The van der Waals surface area contributed by atoms with Crippen LogP contribution in [-0.2, 0) is 36.7 Å². The first-order chi connectivity index (χ1) is 17.7. The molecule has 2 aromatic heterocycles. The van der Waals surface area contributed by atoms with Gasteiger partial charge in [-0.05, 0) is 24.1 Å². The van der Waals surface area contributed by atoms with Crippen LogP contribution >= 0.6 is 0 Å². The third-order valence-electron chi connectivity index (χ3n) is 6.00. The van der Waals surface area contributed by atoms with Crippen LogP contribution in [0.3, 0.4) is 0 Å². The minimum Gasteiger partial charge on any atom is -0.335 e. The van der Waals surface area contributed by atoms with E-state index in [2.05, 4.69) is 9.97 Å². The van der Waals surface area contributed by atoms with E-state index in [0.29, 0.717) is 22.8 Å². The Balaban J connectivity index is 1.61. The standard InChI is InChI=1S/C23H18F9N5O/c24-15-8-17(26)16(25)6-11(15)5-12(33)7-19(38)36-3-4-37-18(10-36)20(35-21(37)23(30,31)32)13-9-34-2-1-14(13)22(27,28)29/h1-2,6,8-9,12H,3-5,7,10,33H2. The predicted molar refractivity (Wildman–Crippen MR) is 113 cm³/mol. The Hall–Kier alpha value is -3.62. The van der Waals surface area contributed by atoms with Crippen molar-refractivity contribution in [1.82, 2.24) is 19.4 Å². The van der Waals surface area contributed by atoms with Crippen molar-refractivity contribution in [2.75, 3.05) is 6.54 Å². The highest BCUT2D eigenvalue weighted by molar-refractivity contribution is 5.77. The zero-order chi connectivity index (χ0) is 28.0. The summed E-state index contributed by atoms with van der Waals surface area (Å²) in [6.07, 6.45) is -9.12. The largest absolute Gasteiger partial charge is 0.449 e. The summed E-state index contributed by atoms with van der Waals surface area (Å²) in [6, 6.07) is 0.467. The zero-order valence-corrected chi connectivity index (χ0v) is 19.2. The van der Waals surface area contributed by atoms with Crippen LogP contribution in [0.25, 0.3) is 11.3 Å². The highest BCUT2D eigenvalue weighted by Gasteiger charge is 2.42. The van der Waals surface area contributed by atoms with E-state index in [0.717, 1.165) is 17.3 Å². The molecule has 1 unspecified atom stereocenters. The molecule has 6 nitrogen and oxygen atoms in total. The van der Waals surface area contributed by atoms with Gasteiger partial charge in [0.2, 0.25) is 11.7 Å². The lowest BCUT2D eigenvalue weighted by Gasteiger charge is -2.30. The Bertz CT molecular complexity index is 1370. The van der Waals surface area contributed by atoms with Crippen molar-refractivity contribution >= 4 is 5.91 Å². The predicted octanol–water partition coefficient (Wildman–Crippen LogP) is 4.70. The number of fused-ring (bicyclic) bond motifs is 1.